The Labute approximate surface area is 214 Å². The van der Waals surface area contributed by atoms with Gasteiger partial charge in [-0.05, 0) is 41.7 Å². The van der Waals surface area contributed by atoms with Crippen LogP contribution in [0.2, 0.25) is 0 Å². The summed E-state index contributed by atoms with van der Waals surface area (Å²) in [5.74, 6) is 1.08. The zero-order valence-corrected chi connectivity index (χ0v) is 22.2. The molecule has 3 aromatic carbocycles. The third kappa shape index (κ3) is 8.81. The molecule has 3 rings (SSSR count). The molecule has 0 amide bonds. The Hall–Kier alpha value is -2.39. The summed E-state index contributed by atoms with van der Waals surface area (Å²) >= 11 is 0. The Morgan fingerprint density at radius 1 is 0.848 bits per heavy atom. The van der Waals surface area contributed by atoms with Crippen LogP contribution in [0, 0.1) is 0 Å². The minimum absolute atomic E-state index is 0. The molecule has 33 heavy (non-hydrogen) atoms. The molecule has 7 heteroatoms. The van der Waals surface area contributed by atoms with E-state index in [-0.39, 0.29) is 24.0 Å². The zero-order valence-electron chi connectivity index (χ0n) is 19.1. The molecule has 0 radical (unpaired) electrons. The molecule has 0 aliphatic rings. The van der Waals surface area contributed by atoms with Gasteiger partial charge in [-0.2, -0.15) is 0 Å². The van der Waals surface area contributed by atoms with E-state index in [2.05, 4.69) is 64.2 Å². The standard InChI is InChI=1S/C26H31N3O2S.HI/c1-27-26(28-18-17-21-13-15-25(16-14-21)32(2,30)31)29-20-24(23-11-7-4-8-12-23)19-22-9-5-3-6-10-22;/h3-16,24H,17-20H2,1-2H3,(H2,27,28,29);1H. The number of benzene rings is 3. The summed E-state index contributed by atoms with van der Waals surface area (Å²) in [6, 6.07) is 28.1. The minimum Gasteiger partial charge on any atom is -0.356 e. The number of hydrogen-bond acceptors (Lipinski definition) is 3. The number of rotatable bonds is 9. The van der Waals surface area contributed by atoms with Crippen LogP contribution >= 0.6 is 24.0 Å². The van der Waals surface area contributed by atoms with Crippen LogP contribution in [-0.4, -0.2) is 40.8 Å². The zero-order chi connectivity index (χ0) is 22.8. The summed E-state index contributed by atoms with van der Waals surface area (Å²) in [4.78, 5) is 4.70. The molecule has 0 aliphatic carbocycles. The number of nitrogens with zero attached hydrogens (tertiary/aromatic N) is 1. The smallest absolute Gasteiger partial charge is 0.191 e. The maximum absolute atomic E-state index is 11.6. The third-order valence-corrected chi connectivity index (χ3v) is 6.52. The maximum atomic E-state index is 11.6. The van der Waals surface area contributed by atoms with Crippen molar-refractivity contribution in [2.75, 3.05) is 26.4 Å². The largest absolute Gasteiger partial charge is 0.356 e. The van der Waals surface area contributed by atoms with Crippen molar-refractivity contribution in [2.24, 2.45) is 4.99 Å². The van der Waals surface area contributed by atoms with Crippen molar-refractivity contribution >= 4 is 39.8 Å². The summed E-state index contributed by atoms with van der Waals surface area (Å²) in [6.07, 6.45) is 2.94. The summed E-state index contributed by atoms with van der Waals surface area (Å²) in [5, 5.41) is 6.82. The summed E-state index contributed by atoms with van der Waals surface area (Å²) in [7, 11) is -1.39. The van der Waals surface area contributed by atoms with Crippen LogP contribution < -0.4 is 10.6 Å². The van der Waals surface area contributed by atoms with Gasteiger partial charge in [-0.3, -0.25) is 4.99 Å². The van der Waals surface area contributed by atoms with E-state index in [1.54, 1.807) is 19.2 Å². The van der Waals surface area contributed by atoms with E-state index in [0.29, 0.717) is 17.4 Å². The predicted molar refractivity (Wildman–Crippen MR) is 147 cm³/mol. The Bertz CT molecular complexity index is 1100. The van der Waals surface area contributed by atoms with E-state index < -0.39 is 9.84 Å². The number of guanidine groups is 1. The topological polar surface area (TPSA) is 70.6 Å². The molecule has 0 aliphatic heterocycles. The van der Waals surface area contributed by atoms with Gasteiger partial charge in [-0.15, -0.1) is 24.0 Å². The molecule has 5 nitrogen and oxygen atoms in total. The average molecular weight is 578 g/mol. The lowest BCUT2D eigenvalue weighted by atomic mass is 9.92. The Kier molecular flexibility index (Phi) is 10.9. The molecule has 0 aromatic heterocycles. The van der Waals surface area contributed by atoms with E-state index >= 15 is 0 Å². The number of hydrogen-bond donors (Lipinski definition) is 2. The molecule has 0 bridgehead atoms. The first kappa shape index (κ1) is 26.9. The highest BCUT2D eigenvalue weighted by Crippen LogP contribution is 2.20. The lowest BCUT2D eigenvalue weighted by Crippen LogP contribution is -2.40. The second-order valence-electron chi connectivity index (χ2n) is 7.84. The monoisotopic (exact) mass is 577 g/mol. The predicted octanol–water partition coefficient (Wildman–Crippen LogP) is 4.44. The first-order chi connectivity index (χ1) is 15.5. The van der Waals surface area contributed by atoms with Crippen LogP contribution in [-0.2, 0) is 22.7 Å². The van der Waals surface area contributed by atoms with E-state index in [4.69, 9.17) is 0 Å². The molecule has 2 N–H and O–H groups in total. The number of sulfone groups is 1. The lowest BCUT2D eigenvalue weighted by Gasteiger charge is -2.20. The van der Waals surface area contributed by atoms with E-state index in [1.807, 2.05) is 24.3 Å². The normalized spacial score (nSPS) is 12.5. The Morgan fingerprint density at radius 2 is 1.45 bits per heavy atom. The molecule has 1 atom stereocenters. The quantitative estimate of drug-likeness (QED) is 0.224. The minimum atomic E-state index is -3.16. The fourth-order valence-electron chi connectivity index (χ4n) is 3.60. The van der Waals surface area contributed by atoms with E-state index in [1.165, 1.54) is 17.4 Å². The summed E-state index contributed by atoms with van der Waals surface area (Å²) in [6.45, 7) is 1.47. The van der Waals surface area contributed by atoms with Crippen molar-refractivity contribution in [1.29, 1.82) is 0 Å². The second-order valence-corrected chi connectivity index (χ2v) is 9.86. The van der Waals surface area contributed by atoms with E-state index in [0.717, 1.165) is 30.9 Å². The highest BCUT2D eigenvalue weighted by molar-refractivity contribution is 14.0. The molecule has 1 unspecified atom stereocenters. The van der Waals surface area contributed by atoms with Crippen molar-refractivity contribution < 1.29 is 8.42 Å². The fraction of sp³-hybridized carbons (Fsp3) is 0.269. The highest BCUT2D eigenvalue weighted by Gasteiger charge is 2.13. The first-order valence-electron chi connectivity index (χ1n) is 10.8. The maximum Gasteiger partial charge on any atom is 0.191 e. The summed E-state index contributed by atoms with van der Waals surface area (Å²) in [5.41, 5.74) is 3.68. The van der Waals surface area contributed by atoms with Crippen LogP contribution in [0.1, 0.15) is 22.6 Å². The molecule has 0 saturated heterocycles. The van der Waals surface area contributed by atoms with Gasteiger partial charge in [0.1, 0.15) is 0 Å². The molecular formula is C26H32IN3O2S. The molecule has 0 fully saturated rings. The molecule has 0 heterocycles. The molecule has 0 spiro atoms. The highest BCUT2D eigenvalue weighted by atomic mass is 127. The van der Waals surface area contributed by atoms with Crippen LogP contribution in [0.3, 0.4) is 0 Å². The van der Waals surface area contributed by atoms with Crippen LogP contribution in [0.5, 0.6) is 0 Å². The number of nitrogens with one attached hydrogen (secondary N) is 2. The Morgan fingerprint density at radius 3 is 2.03 bits per heavy atom. The molecule has 176 valence electrons. The second kappa shape index (κ2) is 13.3. The van der Waals surface area contributed by atoms with Crippen LogP contribution in [0.15, 0.2) is 94.8 Å². The Balaban J connectivity index is 0.00000385. The first-order valence-corrected chi connectivity index (χ1v) is 12.7. The van der Waals surface area contributed by atoms with Crippen molar-refractivity contribution in [3.63, 3.8) is 0 Å². The fourth-order valence-corrected chi connectivity index (χ4v) is 4.23. The van der Waals surface area contributed by atoms with Gasteiger partial charge in [0.05, 0.1) is 4.90 Å². The van der Waals surface area contributed by atoms with Crippen molar-refractivity contribution in [2.45, 2.75) is 23.7 Å². The van der Waals surface area contributed by atoms with Gasteiger partial charge >= 0.3 is 0 Å². The van der Waals surface area contributed by atoms with Gasteiger partial charge in [0, 0.05) is 32.3 Å². The number of aliphatic imine (C=N–C) groups is 1. The van der Waals surface area contributed by atoms with Gasteiger partial charge in [-0.25, -0.2) is 8.42 Å². The van der Waals surface area contributed by atoms with Crippen LogP contribution in [0.25, 0.3) is 0 Å². The number of halogens is 1. The summed E-state index contributed by atoms with van der Waals surface area (Å²) < 4.78 is 23.2. The average Bonchev–Trinajstić information content (AvgIpc) is 2.81. The molecular weight excluding hydrogens is 545 g/mol. The lowest BCUT2D eigenvalue weighted by molar-refractivity contribution is 0.602. The van der Waals surface area contributed by atoms with Crippen molar-refractivity contribution in [1.82, 2.24) is 10.6 Å². The van der Waals surface area contributed by atoms with Crippen molar-refractivity contribution in [3.8, 4) is 0 Å². The van der Waals surface area contributed by atoms with Gasteiger partial charge in [0.15, 0.2) is 15.8 Å². The van der Waals surface area contributed by atoms with Gasteiger partial charge in [0.2, 0.25) is 0 Å². The molecule has 0 saturated carbocycles. The van der Waals surface area contributed by atoms with Crippen molar-refractivity contribution in [3.05, 3.63) is 102 Å². The molecule has 3 aromatic rings. The SMILES string of the molecule is CN=C(NCCc1ccc(S(C)(=O)=O)cc1)NCC(Cc1ccccc1)c1ccccc1.I. The van der Waals surface area contributed by atoms with Crippen LogP contribution in [0.4, 0.5) is 0 Å². The third-order valence-electron chi connectivity index (χ3n) is 5.39. The van der Waals surface area contributed by atoms with Gasteiger partial charge in [0.25, 0.3) is 0 Å². The van der Waals surface area contributed by atoms with E-state index in [9.17, 15) is 8.42 Å². The van der Waals surface area contributed by atoms with Gasteiger partial charge in [-0.1, -0.05) is 72.8 Å². The van der Waals surface area contributed by atoms with Gasteiger partial charge < -0.3 is 10.6 Å².